The van der Waals surface area contributed by atoms with Crippen LogP contribution >= 0.6 is 22.9 Å². The molecule has 0 aliphatic heterocycles. The number of thiophene rings is 1. The van der Waals surface area contributed by atoms with Crippen LogP contribution in [-0.2, 0) is 0 Å². The largest absolute Gasteiger partial charge is 0.452 e. The van der Waals surface area contributed by atoms with Gasteiger partial charge in [0.25, 0.3) is 6.43 Å². The Hall–Kier alpha value is -2.62. The van der Waals surface area contributed by atoms with Crippen LogP contribution in [0.25, 0.3) is 21.8 Å². The number of nitrogens with zero attached hydrogens (tertiary/aromatic N) is 3. The second-order valence-corrected chi connectivity index (χ2v) is 7.05. The third kappa shape index (κ3) is 3.25. The van der Waals surface area contributed by atoms with Gasteiger partial charge < -0.3 is 15.3 Å². The molecule has 0 radical (unpaired) electrons. The molecule has 0 aromatic carbocycles. The summed E-state index contributed by atoms with van der Waals surface area (Å²) in [6.07, 6.45) is -2.26. The fourth-order valence-electron chi connectivity index (χ4n) is 2.53. The average Bonchev–Trinajstić information content (AvgIpc) is 3.29. The third-order valence-electron chi connectivity index (χ3n) is 3.82. The molecule has 4 rings (SSSR count). The van der Waals surface area contributed by atoms with E-state index >= 15 is 0 Å². The van der Waals surface area contributed by atoms with Gasteiger partial charge >= 0.3 is 0 Å². The Morgan fingerprint density at radius 3 is 2.74 bits per heavy atom. The zero-order chi connectivity index (χ0) is 19.1. The van der Waals surface area contributed by atoms with Crippen LogP contribution < -0.4 is 5.73 Å². The monoisotopic (exact) mass is 408 g/mol. The average molecular weight is 409 g/mol. The van der Waals surface area contributed by atoms with Crippen molar-refractivity contribution in [3.63, 3.8) is 0 Å². The molecule has 0 amide bonds. The maximum absolute atomic E-state index is 12.7. The minimum absolute atomic E-state index is 0.0853. The van der Waals surface area contributed by atoms with Crippen LogP contribution in [0.4, 0.5) is 14.6 Å². The van der Waals surface area contributed by atoms with E-state index in [4.69, 9.17) is 21.8 Å². The van der Waals surface area contributed by atoms with Gasteiger partial charge in [-0.2, -0.15) is 0 Å². The van der Waals surface area contributed by atoms with Gasteiger partial charge in [0, 0.05) is 11.1 Å². The Morgan fingerprint density at radius 2 is 2.04 bits per heavy atom. The number of aromatic nitrogens is 3. The van der Waals surface area contributed by atoms with E-state index in [9.17, 15) is 13.9 Å². The fourth-order valence-corrected chi connectivity index (χ4v) is 3.78. The van der Waals surface area contributed by atoms with Crippen molar-refractivity contribution in [1.29, 1.82) is 0 Å². The van der Waals surface area contributed by atoms with Gasteiger partial charge in [-0.3, -0.25) is 4.98 Å². The van der Waals surface area contributed by atoms with Crippen molar-refractivity contribution < 1.29 is 18.3 Å². The molecule has 6 nitrogen and oxygen atoms in total. The van der Waals surface area contributed by atoms with E-state index in [1.165, 1.54) is 23.6 Å². The number of pyridine rings is 1. The number of nitrogen functional groups attached to an aromatic ring is 1. The zero-order valence-corrected chi connectivity index (χ0v) is 15.0. The van der Waals surface area contributed by atoms with Crippen LogP contribution in [0.5, 0.6) is 0 Å². The molecule has 0 aliphatic rings. The van der Waals surface area contributed by atoms with E-state index in [0.29, 0.717) is 25.8 Å². The molecular weight excluding hydrogens is 398 g/mol. The molecule has 4 aromatic rings. The molecule has 0 saturated carbocycles. The summed E-state index contributed by atoms with van der Waals surface area (Å²) in [5.41, 5.74) is 6.30. The minimum atomic E-state index is -2.73. The molecular formula is C17H11ClF2N4O2S. The second-order valence-electron chi connectivity index (χ2n) is 5.58. The standard InChI is InChI=1S/C17H11ClF2N4O2S/c18-8-2-1-5-22-12(8)13(25)11-6-7-15(21)23-16(24-17(7)27-11)10-4-3-9(26-10)14(19)20/h1-6,13-14,25H,(H2,21,23,24). The summed E-state index contributed by atoms with van der Waals surface area (Å²) < 4.78 is 30.5. The van der Waals surface area contributed by atoms with Crippen molar-refractivity contribution >= 4 is 39.0 Å². The summed E-state index contributed by atoms with van der Waals surface area (Å²) in [6.45, 7) is 0. The van der Waals surface area contributed by atoms with E-state index in [1.54, 1.807) is 18.2 Å². The second kappa shape index (κ2) is 6.84. The van der Waals surface area contributed by atoms with Gasteiger partial charge in [0.1, 0.15) is 16.8 Å². The number of furan rings is 1. The first-order valence-electron chi connectivity index (χ1n) is 7.67. The Labute approximate surface area is 160 Å². The molecule has 1 unspecified atom stereocenters. The maximum atomic E-state index is 12.7. The number of aliphatic hydroxyl groups excluding tert-OH is 1. The van der Waals surface area contributed by atoms with Crippen molar-refractivity contribution in [3.05, 3.63) is 57.9 Å². The highest BCUT2D eigenvalue weighted by atomic mass is 35.5. The number of alkyl halides is 2. The summed E-state index contributed by atoms with van der Waals surface area (Å²) in [4.78, 5) is 13.5. The number of hydrogen-bond donors (Lipinski definition) is 2. The van der Waals surface area contributed by atoms with Crippen molar-refractivity contribution in [2.24, 2.45) is 0 Å². The number of aliphatic hydroxyl groups is 1. The normalized spacial score (nSPS) is 12.8. The molecule has 3 N–H and O–H groups in total. The fraction of sp³-hybridized carbons (Fsp3) is 0.118. The smallest absolute Gasteiger partial charge is 0.295 e. The van der Waals surface area contributed by atoms with Crippen LogP contribution in [0.3, 0.4) is 0 Å². The lowest BCUT2D eigenvalue weighted by Gasteiger charge is -2.08. The van der Waals surface area contributed by atoms with Gasteiger partial charge in [-0.25, -0.2) is 18.7 Å². The maximum Gasteiger partial charge on any atom is 0.295 e. The summed E-state index contributed by atoms with van der Waals surface area (Å²) >= 11 is 7.26. The van der Waals surface area contributed by atoms with Crippen LogP contribution in [-0.4, -0.2) is 20.1 Å². The Bertz CT molecular complexity index is 1130. The predicted octanol–water partition coefficient (Wildman–Crippen LogP) is 4.60. The van der Waals surface area contributed by atoms with Crippen molar-refractivity contribution in [2.45, 2.75) is 12.5 Å². The zero-order valence-electron chi connectivity index (χ0n) is 13.4. The molecule has 0 fully saturated rings. The summed E-state index contributed by atoms with van der Waals surface area (Å²) in [6, 6.07) is 7.47. The van der Waals surface area contributed by atoms with E-state index < -0.39 is 18.3 Å². The van der Waals surface area contributed by atoms with E-state index in [1.807, 2.05) is 0 Å². The Kier molecular flexibility index (Phi) is 4.50. The van der Waals surface area contributed by atoms with Crippen molar-refractivity contribution in [1.82, 2.24) is 15.0 Å². The molecule has 0 spiro atoms. The van der Waals surface area contributed by atoms with Gasteiger partial charge in [-0.05, 0) is 30.3 Å². The lowest BCUT2D eigenvalue weighted by molar-refractivity contribution is 0.122. The summed E-state index contributed by atoms with van der Waals surface area (Å²) in [5.74, 6) is -0.154. The molecule has 4 aromatic heterocycles. The van der Waals surface area contributed by atoms with E-state index in [0.717, 1.165) is 6.07 Å². The molecule has 1 atom stereocenters. The van der Waals surface area contributed by atoms with E-state index in [2.05, 4.69) is 15.0 Å². The van der Waals surface area contributed by atoms with Gasteiger partial charge in [0.05, 0.1) is 16.1 Å². The Morgan fingerprint density at radius 1 is 1.22 bits per heavy atom. The lowest BCUT2D eigenvalue weighted by Crippen LogP contribution is -2.00. The van der Waals surface area contributed by atoms with Crippen molar-refractivity contribution in [3.8, 4) is 11.6 Å². The highest BCUT2D eigenvalue weighted by molar-refractivity contribution is 7.18. The lowest BCUT2D eigenvalue weighted by atomic mass is 10.2. The van der Waals surface area contributed by atoms with Gasteiger partial charge in [0.2, 0.25) is 0 Å². The highest BCUT2D eigenvalue weighted by Crippen LogP contribution is 2.37. The molecule has 10 heteroatoms. The van der Waals surface area contributed by atoms with Crippen LogP contribution in [0.1, 0.15) is 28.9 Å². The molecule has 0 bridgehead atoms. The number of rotatable bonds is 4. The van der Waals surface area contributed by atoms with Crippen LogP contribution in [0.15, 0.2) is 40.9 Å². The van der Waals surface area contributed by atoms with E-state index in [-0.39, 0.29) is 17.4 Å². The number of nitrogens with two attached hydrogens (primary N) is 1. The summed E-state index contributed by atoms with van der Waals surface area (Å²) in [5, 5.41) is 11.5. The van der Waals surface area contributed by atoms with Crippen molar-refractivity contribution in [2.75, 3.05) is 5.73 Å². The topological polar surface area (TPSA) is 98.1 Å². The van der Waals surface area contributed by atoms with Crippen LogP contribution in [0, 0.1) is 0 Å². The van der Waals surface area contributed by atoms with Crippen LogP contribution in [0.2, 0.25) is 5.02 Å². The summed E-state index contributed by atoms with van der Waals surface area (Å²) in [7, 11) is 0. The molecule has 27 heavy (non-hydrogen) atoms. The highest BCUT2D eigenvalue weighted by Gasteiger charge is 2.21. The van der Waals surface area contributed by atoms with Gasteiger partial charge in [-0.15, -0.1) is 11.3 Å². The van der Waals surface area contributed by atoms with Gasteiger partial charge in [0.15, 0.2) is 17.3 Å². The first-order chi connectivity index (χ1) is 12.9. The minimum Gasteiger partial charge on any atom is -0.452 e. The first-order valence-corrected chi connectivity index (χ1v) is 8.87. The predicted molar refractivity (Wildman–Crippen MR) is 97.8 cm³/mol. The first kappa shape index (κ1) is 17.8. The SMILES string of the molecule is Nc1nc(-c2ccc(C(F)F)o2)nc2sc(C(O)c3ncccc3Cl)cc12. The molecule has 0 aliphatic carbocycles. The number of anilines is 1. The number of fused-ring (bicyclic) bond motifs is 1. The molecule has 4 heterocycles. The molecule has 138 valence electrons. The molecule has 0 saturated heterocycles. The third-order valence-corrected chi connectivity index (χ3v) is 5.22. The number of halogens is 3. The van der Waals surface area contributed by atoms with Gasteiger partial charge in [-0.1, -0.05) is 11.6 Å². The Balaban J connectivity index is 1.76. The quantitative estimate of drug-likeness (QED) is 0.512. The number of hydrogen-bond acceptors (Lipinski definition) is 7.